The van der Waals surface area contributed by atoms with E-state index in [1.807, 2.05) is 74.5 Å². The molecule has 0 fully saturated rings. The predicted octanol–water partition coefficient (Wildman–Crippen LogP) is 3.77. The number of carbonyl (C=O) groups excluding carboxylic acids is 2. The van der Waals surface area contributed by atoms with Crippen molar-refractivity contribution in [2.24, 2.45) is 0 Å². The number of nitrogens with one attached hydrogen (secondary N) is 2. The highest BCUT2D eigenvalue weighted by Crippen LogP contribution is 2.06. The molecule has 0 saturated carbocycles. The first kappa shape index (κ1) is 19.2. The van der Waals surface area contributed by atoms with Crippen LogP contribution >= 0.6 is 0 Å². The van der Waals surface area contributed by atoms with Gasteiger partial charge in [0.1, 0.15) is 5.70 Å². The summed E-state index contributed by atoms with van der Waals surface area (Å²) >= 11 is 0. The lowest BCUT2D eigenvalue weighted by Gasteiger charge is -2.14. The third kappa shape index (κ3) is 6.40. The lowest BCUT2D eigenvalue weighted by molar-refractivity contribution is -0.121. The molecule has 4 nitrogen and oxygen atoms in total. The largest absolute Gasteiger partial charge is 0.348 e. The van der Waals surface area contributed by atoms with Crippen LogP contribution < -0.4 is 10.6 Å². The Balaban J connectivity index is 2.15. The maximum absolute atomic E-state index is 12.5. The van der Waals surface area contributed by atoms with Gasteiger partial charge in [0.05, 0.1) is 0 Å². The average Bonchev–Trinajstić information content (AvgIpc) is 2.67. The molecule has 1 unspecified atom stereocenters. The third-order valence-electron chi connectivity index (χ3n) is 3.83. The van der Waals surface area contributed by atoms with Crippen LogP contribution in [-0.2, 0) is 9.59 Å². The molecule has 0 aliphatic rings. The zero-order valence-electron chi connectivity index (χ0n) is 15.1. The van der Waals surface area contributed by atoms with Crippen LogP contribution in [0.3, 0.4) is 0 Å². The molecule has 0 bridgehead atoms. The maximum atomic E-state index is 12.5. The highest BCUT2D eigenvalue weighted by atomic mass is 16.2. The molecule has 2 aromatic rings. The molecule has 0 radical (unpaired) electrons. The zero-order valence-corrected chi connectivity index (χ0v) is 15.1. The van der Waals surface area contributed by atoms with E-state index in [2.05, 4.69) is 10.6 Å². The second-order valence-corrected chi connectivity index (χ2v) is 5.98. The molecule has 0 aromatic heterocycles. The Morgan fingerprint density at radius 2 is 1.54 bits per heavy atom. The van der Waals surface area contributed by atoms with Crippen molar-refractivity contribution < 1.29 is 9.59 Å². The van der Waals surface area contributed by atoms with Gasteiger partial charge in [-0.25, -0.2) is 0 Å². The number of amides is 2. The van der Waals surface area contributed by atoms with E-state index < -0.39 is 0 Å². The molecule has 26 heavy (non-hydrogen) atoms. The summed E-state index contributed by atoms with van der Waals surface area (Å²) in [6.45, 7) is 3.92. The van der Waals surface area contributed by atoms with E-state index in [-0.39, 0.29) is 23.6 Å². The Hall–Kier alpha value is -3.14. The number of hydrogen-bond donors (Lipinski definition) is 2. The second-order valence-electron chi connectivity index (χ2n) is 5.98. The number of rotatable bonds is 7. The van der Waals surface area contributed by atoms with Crippen molar-refractivity contribution in [3.8, 4) is 0 Å². The van der Waals surface area contributed by atoms with Gasteiger partial charge in [-0.05, 0) is 36.6 Å². The van der Waals surface area contributed by atoms with Crippen LogP contribution in [0.2, 0.25) is 0 Å². The van der Waals surface area contributed by atoms with E-state index >= 15 is 0 Å². The molecule has 2 aromatic carbocycles. The van der Waals surface area contributed by atoms with Crippen molar-refractivity contribution in [1.29, 1.82) is 0 Å². The van der Waals surface area contributed by atoms with Crippen molar-refractivity contribution in [1.82, 2.24) is 10.6 Å². The molecule has 0 heterocycles. The molecule has 0 saturated heterocycles. The zero-order chi connectivity index (χ0) is 18.8. The van der Waals surface area contributed by atoms with Crippen molar-refractivity contribution in [2.45, 2.75) is 26.3 Å². The van der Waals surface area contributed by atoms with Gasteiger partial charge in [-0.3, -0.25) is 9.59 Å². The summed E-state index contributed by atoms with van der Waals surface area (Å²) in [6.07, 6.45) is 5.62. The fourth-order valence-corrected chi connectivity index (χ4v) is 2.19. The van der Waals surface area contributed by atoms with E-state index in [1.165, 1.54) is 6.08 Å². The first-order valence-electron chi connectivity index (χ1n) is 8.70. The first-order valence-corrected chi connectivity index (χ1v) is 8.70. The average molecular weight is 348 g/mol. The molecular formula is C22H24N2O2. The second kappa shape index (κ2) is 9.99. The van der Waals surface area contributed by atoms with Gasteiger partial charge in [-0.1, -0.05) is 67.6 Å². The number of carbonyl (C=O) groups is 2. The summed E-state index contributed by atoms with van der Waals surface area (Å²) in [5.41, 5.74) is 1.98. The van der Waals surface area contributed by atoms with Crippen LogP contribution in [0, 0.1) is 0 Å². The minimum atomic E-state index is -0.352. The molecule has 2 N–H and O–H groups in total. The van der Waals surface area contributed by atoms with Crippen LogP contribution in [0.1, 0.15) is 31.4 Å². The number of benzene rings is 2. The molecule has 0 aliphatic heterocycles. The fraction of sp³-hybridized carbons (Fsp3) is 0.182. The molecule has 2 rings (SSSR count). The topological polar surface area (TPSA) is 58.2 Å². The summed E-state index contributed by atoms with van der Waals surface area (Å²) in [7, 11) is 0. The molecule has 134 valence electrons. The van der Waals surface area contributed by atoms with Crippen LogP contribution in [0.4, 0.5) is 0 Å². The van der Waals surface area contributed by atoms with Gasteiger partial charge in [0, 0.05) is 12.1 Å². The van der Waals surface area contributed by atoms with Crippen molar-refractivity contribution in [3.05, 3.63) is 83.6 Å². The Labute approximate surface area is 154 Å². The minimum Gasteiger partial charge on any atom is -0.348 e. The lowest BCUT2D eigenvalue weighted by Crippen LogP contribution is -2.38. The van der Waals surface area contributed by atoms with Crippen LogP contribution in [0.25, 0.3) is 12.2 Å². The summed E-state index contributed by atoms with van der Waals surface area (Å²) in [5, 5.41) is 5.57. The van der Waals surface area contributed by atoms with Crippen molar-refractivity contribution in [3.63, 3.8) is 0 Å². The summed E-state index contributed by atoms with van der Waals surface area (Å²) < 4.78 is 0. The van der Waals surface area contributed by atoms with E-state index in [9.17, 15) is 9.59 Å². The van der Waals surface area contributed by atoms with Crippen molar-refractivity contribution >= 4 is 24.0 Å². The molecule has 0 spiro atoms. The quantitative estimate of drug-likeness (QED) is 0.748. The van der Waals surface area contributed by atoms with Crippen molar-refractivity contribution in [2.75, 3.05) is 0 Å². The third-order valence-corrected chi connectivity index (χ3v) is 3.83. The van der Waals surface area contributed by atoms with Gasteiger partial charge in [0.2, 0.25) is 5.91 Å². The smallest absolute Gasteiger partial charge is 0.268 e. The highest BCUT2D eigenvalue weighted by molar-refractivity contribution is 6.04. The van der Waals surface area contributed by atoms with Gasteiger partial charge in [-0.2, -0.15) is 0 Å². The maximum Gasteiger partial charge on any atom is 0.268 e. The molecule has 2 amide bonds. The highest BCUT2D eigenvalue weighted by Gasteiger charge is 2.13. The fourth-order valence-electron chi connectivity index (χ4n) is 2.19. The van der Waals surface area contributed by atoms with E-state index in [0.717, 1.165) is 17.5 Å². The van der Waals surface area contributed by atoms with Gasteiger partial charge in [-0.15, -0.1) is 0 Å². The normalized spacial score (nSPS) is 12.6. The molecule has 4 heteroatoms. The molecule has 0 aliphatic carbocycles. The summed E-state index contributed by atoms with van der Waals surface area (Å²) in [6, 6.07) is 19.0. The summed E-state index contributed by atoms with van der Waals surface area (Å²) in [4.78, 5) is 24.8. The Morgan fingerprint density at radius 3 is 2.12 bits per heavy atom. The van der Waals surface area contributed by atoms with E-state index in [1.54, 1.807) is 12.2 Å². The Bertz CT molecular complexity index is 780. The minimum absolute atomic E-state index is 0.0263. The van der Waals surface area contributed by atoms with Gasteiger partial charge >= 0.3 is 0 Å². The number of hydrogen-bond acceptors (Lipinski definition) is 2. The van der Waals surface area contributed by atoms with Crippen LogP contribution in [-0.4, -0.2) is 17.9 Å². The SMILES string of the molecule is CCC(C)NC(=O)C(=Cc1ccccc1)NC(=O)/C=C\c1ccccc1. The van der Waals surface area contributed by atoms with Gasteiger partial charge in [0.25, 0.3) is 5.91 Å². The summed E-state index contributed by atoms with van der Waals surface area (Å²) in [5.74, 6) is -0.653. The predicted molar refractivity (Wildman–Crippen MR) is 106 cm³/mol. The van der Waals surface area contributed by atoms with E-state index in [0.29, 0.717) is 0 Å². The van der Waals surface area contributed by atoms with Crippen LogP contribution in [0.15, 0.2) is 72.4 Å². The molecule has 1 atom stereocenters. The lowest BCUT2D eigenvalue weighted by atomic mass is 10.1. The molecular weight excluding hydrogens is 324 g/mol. The Morgan fingerprint density at radius 1 is 0.962 bits per heavy atom. The first-order chi connectivity index (χ1) is 12.6. The van der Waals surface area contributed by atoms with Gasteiger partial charge < -0.3 is 10.6 Å². The van der Waals surface area contributed by atoms with Gasteiger partial charge in [0.15, 0.2) is 0 Å². The monoisotopic (exact) mass is 348 g/mol. The van der Waals surface area contributed by atoms with E-state index in [4.69, 9.17) is 0 Å². The Kier molecular flexibility index (Phi) is 7.37. The van der Waals surface area contributed by atoms with Crippen LogP contribution in [0.5, 0.6) is 0 Å². The standard InChI is InChI=1S/C22H24N2O2/c1-3-17(2)23-22(26)20(16-19-12-8-5-9-13-19)24-21(25)15-14-18-10-6-4-7-11-18/h4-17H,3H2,1-2H3,(H,23,26)(H,24,25)/b15-14-,20-16?.